The molecular weight excluding hydrogens is 260 g/mol. The molecule has 0 aliphatic carbocycles. The standard InChI is InChI=1S/C17H22N4/c1-12(18)9-14-10-19-17(20-11-14)21-13(2)7-8-15-5-3-4-6-16(15)21/h3-6,10-13H,7-9,18H2,1-2H3. The van der Waals surface area contributed by atoms with E-state index in [4.69, 9.17) is 5.73 Å². The van der Waals surface area contributed by atoms with Crippen molar-refractivity contribution >= 4 is 11.6 Å². The first-order chi connectivity index (χ1) is 10.1. The number of benzene rings is 1. The quantitative estimate of drug-likeness (QED) is 0.940. The van der Waals surface area contributed by atoms with Gasteiger partial charge in [0.15, 0.2) is 0 Å². The first-order valence-corrected chi connectivity index (χ1v) is 7.59. The van der Waals surface area contributed by atoms with Crippen LogP contribution in [0.25, 0.3) is 0 Å². The molecule has 2 heterocycles. The number of hydrogen-bond donors (Lipinski definition) is 1. The molecule has 1 aliphatic rings. The summed E-state index contributed by atoms with van der Waals surface area (Å²) in [6.45, 7) is 4.23. The summed E-state index contributed by atoms with van der Waals surface area (Å²) >= 11 is 0. The second-order valence-corrected chi connectivity index (χ2v) is 5.96. The Morgan fingerprint density at radius 2 is 2.00 bits per heavy atom. The van der Waals surface area contributed by atoms with Gasteiger partial charge in [0.25, 0.3) is 0 Å². The number of nitrogens with two attached hydrogens (primary N) is 1. The van der Waals surface area contributed by atoms with Gasteiger partial charge in [0.2, 0.25) is 5.95 Å². The van der Waals surface area contributed by atoms with Crippen molar-refractivity contribution in [2.75, 3.05) is 4.90 Å². The van der Waals surface area contributed by atoms with Gasteiger partial charge in [-0.05, 0) is 50.3 Å². The minimum Gasteiger partial charge on any atom is -0.328 e. The maximum Gasteiger partial charge on any atom is 0.230 e. The minimum atomic E-state index is 0.133. The molecule has 4 nitrogen and oxygen atoms in total. The molecule has 0 saturated heterocycles. The lowest BCUT2D eigenvalue weighted by atomic mass is 9.97. The largest absolute Gasteiger partial charge is 0.328 e. The van der Waals surface area contributed by atoms with Crippen LogP contribution < -0.4 is 10.6 Å². The van der Waals surface area contributed by atoms with E-state index < -0.39 is 0 Å². The van der Waals surface area contributed by atoms with Gasteiger partial charge in [-0.15, -0.1) is 0 Å². The lowest BCUT2D eigenvalue weighted by Gasteiger charge is -2.35. The molecule has 2 atom stereocenters. The summed E-state index contributed by atoms with van der Waals surface area (Å²) in [6.07, 6.45) is 6.86. The van der Waals surface area contributed by atoms with Crippen LogP contribution in [0.4, 0.5) is 11.6 Å². The predicted molar refractivity (Wildman–Crippen MR) is 85.7 cm³/mol. The number of anilines is 2. The first-order valence-electron chi connectivity index (χ1n) is 7.59. The molecule has 0 radical (unpaired) electrons. The summed E-state index contributed by atoms with van der Waals surface area (Å²) in [5, 5.41) is 0. The molecular formula is C17H22N4. The Balaban J connectivity index is 1.92. The lowest BCUT2D eigenvalue weighted by Crippen LogP contribution is -2.34. The molecule has 2 N–H and O–H groups in total. The van der Waals surface area contributed by atoms with E-state index in [1.807, 2.05) is 19.3 Å². The van der Waals surface area contributed by atoms with Crippen molar-refractivity contribution in [2.24, 2.45) is 5.73 Å². The topological polar surface area (TPSA) is 55.0 Å². The highest BCUT2D eigenvalue weighted by Gasteiger charge is 2.25. The predicted octanol–water partition coefficient (Wildman–Crippen LogP) is 2.84. The van der Waals surface area contributed by atoms with Crippen molar-refractivity contribution < 1.29 is 0 Å². The van der Waals surface area contributed by atoms with Gasteiger partial charge >= 0.3 is 0 Å². The fourth-order valence-electron chi connectivity index (χ4n) is 2.94. The van der Waals surface area contributed by atoms with Crippen LogP contribution in [0, 0.1) is 0 Å². The first kappa shape index (κ1) is 14.0. The molecule has 0 fully saturated rings. The van der Waals surface area contributed by atoms with Gasteiger partial charge in [-0.1, -0.05) is 18.2 Å². The van der Waals surface area contributed by atoms with Crippen LogP contribution in [-0.4, -0.2) is 22.1 Å². The van der Waals surface area contributed by atoms with E-state index >= 15 is 0 Å². The van der Waals surface area contributed by atoms with E-state index in [2.05, 4.69) is 46.1 Å². The number of para-hydroxylation sites is 1. The Bertz CT molecular complexity index is 606. The van der Waals surface area contributed by atoms with Crippen molar-refractivity contribution in [3.63, 3.8) is 0 Å². The molecule has 0 bridgehead atoms. The second-order valence-electron chi connectivity index (χ2n) is 5.96. The number of rotatable bonds is 3. The summed E-state index contributed by atoms with van der Waals surface area (Å²) in [5.74, 6) is 0.781. The van der Waals surface area contributed by atoms with Crippen LogP contribution in [0.3, 0.4) is 0 Å². The van der Waals surface area contributed by atoms with E-state index in [0.29, 0.717) is 6.04 Å². The lowest BCUT2D eigenvalue weighted by molar-refractivity contribution is 0.607. The number of aromatic nitrogens is 2. The summed E-state index contributed by atoms with van der Waals surface area (Å²) in [6, 6.07) is 9.07. The average Bonchev–Trinajstić information content (AvgIpc) is 2.48. The molecule has 21 heavy (non-hydrogen) atoms. The summed E-state index contributed by atoms with van der Waals surface area (Å²) in [7, 11) is 0. The van der Waals surface area contributed by atoms with Gasteiger partial charge in [0.1, 0.15) is 0 Å². The summed E-state index contributed by atoms with van der Waals surface area (Å²) < 4.78 is 0. The highest BCUT2D eigenvalue weighted by molar-refractivity contribution is 5.64. The van der Waals surface area contributed by atoms with E-state index in [1.54, 1.807) is 0 Å². The zero-order valence-corrected chi connectivity index (χ0v) is 12.7. The molecule has 4 heteroatoms. The molecule has 1 aromatic heterocycles. The second kappa shape index (κ2) is 5.82. The molecule has 0 saturated carbocycles. The Hall–Kier alpha value is -1.94. The van der Waals surface area contributed by atoms with Crippen LogP contribution in [0.5, 0.6) is 0 Å². The number of fused-ring (bicyclic) bond motifs is 1. The number of hydrogen-bond acceptors (Lipinski definition) is 4. The molecule has 2 aromatic rings. The van der Waals surface area contributed by atoms with Gasteiger partial charge in [0.05, 0.1) is 0 Å². The molecule has 1 aromatic carbocycles. The molecule has 3 rings (SSSR count). The third kappa shape index (κ3) is 2.90. The number of aryl methyl sites for hydroxylation is 1. The van der Waals surface area contributed by atoms with Gasteiger partial charge in [0, 0.05) is 30.2 Å². The van der Waals surface area contributed by atoms with Crippen LogP contribution in [0.1, 0.15) is 31.4 Å². The fourth-order valence-corrected chi connectivity index (χ4v) is 2.94. The van der Waals surface area contributed by atoms with E-state index in [-0.39, 0.29) is 6.04 Å². The van der Waals surface area contributed by atoms with E-state index in [1.165, 1.54) is 11.3 Å². The van der Waals surface area contributed by atoms with Gasteiger partial charge in [-0.3, -0.25) is 0 Å². The Kier molecular flexibility index (Phi) is 3.88. The van der Waals surface area contributed by atoms with Gasteiger partial charge < -0.3 is 10.6 Å². The van der Waals surface area contributed by atoms with Crippen molar-refractivity contribution in [1.82, 2.24) is 9.97 Å². The van der Waals surface area contributed by atoms with Crippen LogP contribution >= 0.6 is 0 Å². The zero-order chi connectivity index (χ0) is 14.8. The zero-order valence-electron chi connectivity index (χ0n) is 12.7. The molecule has 0 amide bonds. The van der Waals surface area contributed by atoms with Crippen LogP contribution in [0.15, 0.2) is 36.7 Å². The fraction of sp³-hybridized carbons (Fsp3) is 0.412. The SMILES string of the molecule is CC(N)Cc1cnc(N2c3ccccc3CCC2C)nc1. The average molecular weight is 282 g/mol. The van der Waals surface area contributed by atoms with Crippen LogP contribution in [-0.2, 0) is 12.8 Å². The van der Waals surface area contributed by atoms with Crippen LogP contribution in [0.2, 0.25) is 0 Å². The van der Waals surface area contributed by atoms with Gasteiger partial charge in [-0.25, -0.2) is 9.97 Å². The Labute approximate surface area is 126 Å². The minimum absolute atomic E-state index is 0.133. The Morgan fingerprint density at radius 3 is 2.71 bits per heavy atom. The van der Waals surface area contributed by atoms with Crippen molar-refractivity contribution in [2.45, 2.75) is 45.2 Å². The third-order valence-electron chi connectivity index (χ3n) is 3.99. The number of nitrogens with zero attached hydrogens (tertiary/aromatic N) is 3. The smallest absolute Gasteiger partial charge is 0.230 e. The summed E-state index contributed by atoms with van der Waals surface area (Å²) in [5.41, 5.74) is 9.52. The van der Waals surface area contributed by atoms with Crippen molar-refractivity contribution in [3.05, 3.63) is 47.8 Å². The monoisotopic (exact) mass is 282 g/mol. The highest BCUT2D eigenvalue weighted by Crippen LogP contribution is 2.34. The van der Waals surface area contributed by atoms with E-state index in [0.717, 1.165) is 30.8 Å². The maximum absolute atomic E-state index is 5.82. The normalized spacial score (nSPS) is 19.2. The molecule has 1 aliphatic heterocycles. The van der Waals surface area contributed by atoms with Gasteiger partial charge in [-0.2, -0.15) is 0 Å². The highest BCUT2D eigenvalue weighted by atomic mass is 15.3. The molecule has 110 valence electrons. The molecule has 2 unspecified atom stereocenters. The summed E-state index contributed by atoms with van der Waals surface area (Å²) in [4.78, 5) is 11.4. The third-order valence-corrected chi connectivity index (χ3v) is 3.99. The van der Waals surface area contributed by atoms with E-state index in [9.17, 15) is 0 Å². The maximum atomic E-state index is 5.82. The van der Waals surface area contributed by atoms with Crippen molar-refractivity contribution in [1.29, 1.82) is 0 Å². The Morgan fingerprint density at radius 1 is 1.29 bits per heavy atom. The molecule has 0 spiro atoms. The van der Waals surface area contributed by atoms with Crippen molar-refractivity contribution in [3.8, 4) is 0 Å².